The Balaban J connectivity index is 4.59. The minimum atomic E-state index is -0.902. The Morgan fingerprint density at radius 2 is 1.83 bits per heavy atom. The second kappa shape index (κ2) is 7.92. The van der Waals surface area contributed by atoms with Crippen LogP contribution in [-0.2, 0) is 9.53 Å². The third-order valence-electron chi connectivity index (χ3n) is 2.81. The molecule has 1 atom stereocenters. The number of amides is 2. The van der Waals surface area contributed by atoms with Crippen LogP contribution in [0.25, 0.3) is 0 Å². The molecule has 0 aliphatic rings. The first-order valence-corrected chi connectivity index (χ1v) is 6.05. The van der Waals surface area contributed by atoms with Crippen molar-refractivity contribution in [2.24, 2.45) is 0 Å². The van der Waals surface area contributed by atoms with Gasteiger partial charge in [0.2, 0.25) is 0 Å². The average molecular weight is 260 g/mol. The fourth-order valence-corrected chi connectivity index (χ4v) is 1.53. The van der Waals surface area contributed by atoms with Gasteiger partial charge in [0.1, 0.15) is 0 Å². The van der Waals surface area contributed by atoms with E-state index in [0.717, 1.165) is 0 Å². The fraction of sp³-hybridized carbons (Fsp3) is 0.833. The second-order valence-corrected chi connectivity index (χ2v) is 4.63. The predicted octanol–water partition coefficient (Wildman–Crippen LogP) is 1.26. The largest absolute Gasteiger partial charge is 0.481 e. The number of hydrogen-bond acceptors (Lipinski definition) is 3. The summed E-state index contributed by atoms with van der Waals surface area (Å²) in [6, 6.07) is -0.251. The first-order valence-electron chi connectivity index (χ1n) is 6.05. The van der Waals surface area contributed by atoms with Gasteiger partial charge in [0.15, 0.2) is 0 Å². The lowest BCUT2D eigenvalue weighted by Crippen LogP contribution is -2.49. The Bertz CT molecular complexity index is 281. The molecule has 0 saturated carbocycles. The topological polar surface area (TPSA) is 70.1 Å². The SMILES string of the molecule is COCC(C)N(C)C(=O)N(CCC(=O)O)C(C)C. The van der Waals surface area contributed by atoms with Crippen molar-refractivity contribution in [3.05, 3.63) is 0 Å². The highest BCUT2D eigenvalue weighted by Crippen LogP contribution is 2.08. The lowest BCUT2D eigenvalue weighted by Gasteiger charge is -2.33. The van der Waals surface area contributed by atoms with Gasteiger partial charge < -0.3 is 19.6 Å². The van der Waals surface area contributed by atoms with Crippen molar-refractivity contribution >= 4 is 12.0 Å². The van der Waals surface area contributed by atoms with Crippen molar-refractivity contribution < 1.29 is 19.4 Å². The molecule has 18 heavy (non-hydrogen) atoms. The molecule has 0 aliphatic heterocycles. The lowest BCUT2D eigenvalue weighted by atomic mass is 10.2. The van der Waals surface area contributed by atoms with Crippen LogP contribution in [0.5, 0.6) is 0 Å². The van der Waals surface area contributed by atoms with Gasteiger partial charge in [0.05, 0.1) is 19.1 Å². The van der Waals surface area contributed by atoms with E-state index in [0.29, 0.717) is 6.61 Å². The molecule has 0 aliphatic carbocycles. The highest BCUT2D eigenvalue weighted by Gasteiger charge is 2.24. The Morgan fingerprint density at radius 1 is 1.28 bits per heavy atom. The summed E-state index contributed by atoms with van der Waals surface area (Å²) in [6.07, 6.45) is -0.0452. The molecule has 2 amide bonds. The van der Waals surface area contributed by atoms with Crippen LogP contribution in [-0.4, -0.2) is 66.3 Å². The molecule has 0 aromatic carbocycles. The molecule has 0 bridgehead atoms. The van der Waals surface area contributed by atoms with Gasteiger partial charge in [0, 0.05) is 26.7 Å². The van der Waals surface area contributed by atoms with Crippen LogP contribution in [0.15, 0.2) is 0 Å². The number of rotatable bonds is 7. The number of urea groups is 1. The zero-order chi connectivity index (χ0) is 14.3. The summed E-state index contributed by atoms with van der Waals surface area (Å²) in [7, 11) is 3.28. The fourth-order valence-electron chi connectivity index (χ4n) is 1.53. The van der Waals surface area contributed by atoms with Gasteiger partial charge >= 0.3 is 12.0 Å². The van der Waals surface area contributed by atoms with Crippen LogP contribution < -0.4 is 0 Å². The lowest BCUT2D eigenvalue weighted by molar-refractivity contribution is -0.137. The number of hydrogen-bond donors (Lipinski definition) is 1. The number of aliphatic carboxylic acids is 1. The van der Waals surface area contributed by atoms with Crippen molar-refractivity contribution in [3.8, 4) is 0 Å². The van der Waals surface area contributed by atoms with Crippen LogP contribution in [0.2, 0.25) is 0 Å². The highest BCUT2D eigenvalue weighted by molar-refractivity contribution is 5.75. The Labute approximate surface area is 109 Å². The number of carboxylic acids is 1. The molecular weight excluding hydrogens is 236 g/mol. The molecule has 0 aromatic heterocycles. The molecule has 0 rings (SSSR count). The quantitative estimate of drug-likeness (QED) is 0.748. The van der Waals surface area contributed by atoms with Crippen LogP contribution in [0.1, 0.15) is 27.2 Å². The zero-order valence-electron chi connectivity index (χ0n) is 11.8. The van der Waals surface area contributed by atoms with Crippen molar-refractivity contribution in [3.63, 3.8) is 0 Å². The van der Waals surface area contributed by atoms with E-state index in [1.807, 2.05) is 20.8 Å². The van der Waals surface area contributed by atoms with Gasteiger partial charge in [-0.25, -0.2) is 4.79 Å². The Morgan fingerprint density at radius 3 is 2.22 bits per heavy atom. The molecule has 6 heteroatoms. The van der Waals surface area contributed by atoms with E-state index in [2.05, 4.69) is 0 Å². The van der Waals surface area contributed by atoms with E-state index in [1.165, 1.54) is 0 Å². The van der Waals surface area contributed by atoms with Crippen molar-refractivity contribution in [1.29, 1.82) is 0 Å². The normalized spacial score (nSPS) is 12.3. The number of carbonyl (C=O) groups excluding carboxylic acids is 1. The summed E-state index contributed by atoms with van der Waals surface area (Å²) in [5, 5.41) is 8.69. The minimum absolute atomic E-state index is 0.0333. The molecule has 0 aromatic rings. The smallest absolute Gasteiger partial charge is 0.320 e. The standard InChI is InChI=1S/C12H24N2O4/c1-9(2)14(7-6-11(15)16)12(17)13(4)10(3)8-18-5/h9-10H,6-8H2,1-5H3,(H,15,16). The molecule has 6 nitrogen and oxygen atoms in total. The maximum atomic E-state index is 12.2. The monoisotopic (exact) mass is 260 g/mol. The van der Waals surface area contributed by atoms with Crippen LogP contribution in [0.4, 0.5) is 4.79 Å². The van der Waals surface area contributed by atoms with Crippen molar-refractivity contribution in [1.82, 2.24) is 9.80 Å². The molecule has 0 saturated heterocycles. The molecule has 106 valence electrons. The number of methoxy groups -OCH3 is 1. The second-order valence-electron chi connectivity index (χ2n) is 4.63. The van der Waals surface area contributed by atoms with Crippen molar-refractivity contribution in [2.45, 2.75) is 39.3 Å². The summed E-state index contributed by atoms with van der Waals surface area (Å²) < 4.78 is 5.01. The summed E-state index contributed by atoms with van der Waals surface area (Å²) >= 11 is 0. The molecule has 0 radical (unpaired) electrons. The van der Waals surface area contributed by atoms with E-state index in [1.54, 1.807) is 24.0 Å². The highest BCUT2D eigenvalue weighted by atomic mass is 16.5. The van der Waals surface area contributed by atoms with E-state index in [-0.39, 0.29) is 31.1 Å². The molecule has 0 heterocycles. The third kappa shape index (κ3) is 5.35. The maximum absolute atomic E-state index is 12.2. The van der Waals surface area contributed by atoms with E-state index in [9.17, 15) is 9.59 Å². The number of nitrogens with zero attached hydrogens (tertiary/aromatic N) is 2. The Hall–Kier alpha value is -1.30. The van der Waals surface area contributed by atoms with Crippen LogP contribution >= 0.6 is 0 Å². The summed E-state index contributed by atoms with van der Waals surface area (Å²) in [6.45, 7) is 6.29. The number of likely N-dealkylation sites (N-methyl/N-ethyl adjacent to an activating group) is 1. The number of carboxylic acid groups (broad SMARTS) is 1. The first-order chi connectivity index (χ1) is 8.31. The van der Waals surface area contributed by atoms with E-state index in [4.69, 9.17) is 9.84 Å². The summed E-state index contributed by atoms with van der Waals surface area (Å²) in [4.78, 5) is 25.9. The Kier molecular flexibility index (Phi) is 7.35. The van der Waals surface area contributed by atoms with Gasteiger partial charge in [-0.1, -0.05) is 0 Å². The van der Waals surface area contributed by atoms with Gasteiger partial charge in [0.25, 0.3) is 0 Å². The maximum Gasteiger partial charge on any atom is 0.320 e. The first kappa shape index (κ1) is 16.7. The molecule has 1 unspecified atom stereocenters. The van der Waals surface area contributed by atoms with Crippen LogP contribution in [0, 0.1) is 0 Å². The number of ether oxygens (including phenoxy) is 1. The minimum Gasteiger partial charge on any atom is -0.481 e. The van der Waals surface area contributed by atoms with Crippen molar-refractivity contribution in [2.75, 3.05) is 27.3 Å². The third-order valence-corrected chi connectivity index (χ3v) is 2.81. The van der Waals surface area contributed by atoms with Gasteiger partial charge in [-0.3, -0.25) is 4.79 Å². The summed E-state index contributed by atoms with van der Waals surface area (Å²) in [5.74, 6) is -0.902. The predicted molar refractivity (Wildman–Crippen MR) is 68.6 cm³/mol. The van der Waals surface area contributed by atoms with Crippen LogP contribution in [0.3, 0.4) is 0 Å². The average Bonchev–Trinajstić information content (AvgIpc) is 2.27. The molecular formula is C12H24N2O4. The van der Waals surface area contributed by atoms with Gasteiger partial charge in [-0.05, 0) is 20.8 Å². The molecule has 1 N–H and O–H groups in total. The zero-order valence-corrected chi connectivity index (χ0v) is 11.8. The summed E-state index contributed by atoms with van der Waals surface area (Å²) in [5.41, 5.74) is 0. The van der Waals surface area contributed by atoms with E-state index < -0.39 is 5.97 Å². The van der Waals surface area contributed by atoms with E-state index >= 15 is 0 Å². The van der Waals surface area contributed by atoms with Gasteiger partial charge in [-0.15, -0.1) is 0 Å². The molecule has 0 fully saturated rings. The van der Waals surface area contributed by atoms with Gasteiger partial charge in [-0.2, -0.15) is 0 Å². The molecule has 0 spiro atoms. The number of carbonyl (C=O) groups is 2.